The van der Waals surface area contributed by atoms with Crippen molar-refractivity contribution in [3.63, 3.8) is 0 Å². The first kappa shape index (κ1) is 28.4. The van der Waals surface area contributed by atoms with Crippen molar-refractivity contribution in [3.05, 3.63) is 53.3 Å². The highest BCUT2D eigenvalue weighted by molar-refractivity contribution is 5.98. The van der Waals surface area contributed by atoms with E-state index >= 15 is 0 Å². The van der Waals surface area contributed by atoms with Crippen LogP contribution in [0.3, 0.4) is 0 Å². The van der Waals surface area contributed by atoms with Crippen LogP contribution in [0.2, 0.25) is 0 Å². The molecule has 0 saturated heterocycles. The molecule has 10 heteroatoms. The monoisotopic (exact) mass is 502 g/mol. The summed E-state index contributed by atoms with van der Waals surface area (Å²) in [5.74, 6) is -0.0487. The Labute approximate surface area is 211 Å². The van der Waals surface area contributed by atoms with Crippen molar-refractivity contribution in [2.45, 2.75) is 45.7 Å². The Morgan fingerprint density at radius 3 is 2.25 bits per heavy atom. The van der Waals surface area contributed by atoms with Gasteiger partial charge in [-0.15, -0.1) is 0 Å². The number of benzene rings is 2. The zero-order valence-electron chi connectivity index (χ0n) is 21.4. The van der Waals surface area contributed by atoms with Crippen molar-refractivity contribution in [2.75, 3.05) is 21.3 Å². The van der Waals surface area contributed by atoms with Crippen LogP contribution in [0.5, 0.6) is 17.2 Å². The Morgan fingerprint density at radius 1 is 1.00 bits per heavy atom. The van der Waals surface area contributed by atoms with Crippen molar-refractivity contribution in [3.8, 4) is 17.2 Å². The Balaban J connectivity index is 2.06. The fraction of sp³-hybridized carbons (Fsp3) is 0.423. The number of nitrogens with one attached hydrogen (secondary N) is 2. The molecule has 0 aromatic heterocycles. The number of aliphatic imine (C=N–C) groups is 1. The summed E-state index contributed by atoms with van der Waals surface area (Å²) < 4.78 is 29.3. The highest BCUT2D eigenvalue weighted by atomic mass is 19.1. The first-order valence-electron chi connectivity index (χ1n) is 11.6. The van der Waals surface area contributed by atoms with Gasteiger partial charge in [0.1, 0.15) is 6.04 Å². The van der Waals surface area contributed by atoms with Crippen LogP contribution in [-0.2, 0) is 22.6 Å². The zero-order chi connectivity index (χ0) is 26.7. The highest BCUT2D eigenvalue weighted by Gasteiger charge is 2.21. The third-order valence-corrected chi connectivity index (χ3v) is 5.68. The zero-order valence-corrected chi connectivity index (χ0v) is 21.4. The van der Waals surface area contributed by atoms with Crippen molar-refractivity contribution in [1.29, 1.82) is 0 Å². The number of rotatable bonds is 12. The van der Waals surface area contributed by atoms with E-state index in [0.29, 0.717) is 29.0 Å². The molecule has 0 spiro atoms. The summed E-state index contributed by atoms with van der Waals surface area (Å²) >= 11 is 0. The minimum Gasteiger partial charge on any atom is -0.494 e. The molecule has 196 valence electrons. The van der Waals surface area contributed by atoms with E-state index in [2.05, 4.69) is 15.6 Å². The van der Waals surface area contributed by atoms with Gasteiger partial charge in [0.25, 0.3) is 0 Å². The van der Waals surface area contributed by atoms with E-state index in [0.717, 1.165) is 6.42 Å². The molecule has 2 atom stereocenters. The molecule has 0 saturated carbocycles. The van der Waals surface area contributed by atoms with Crippen LogP contribution < -0.4 is 30.6 Å². The average Bonchev–Trinajstić information content (AvgIpc) is 2.86. The molecule has 0 aliphatic carbocycles. The number of hydrogen-bond acceptors (Lipinski definition) is 6. The van der Waals surface area contributed by atoms with Gasteiger partial charge in [0.05, 0.1) is 27.8 Å². The lowest BCUT2D eigenvalue weighted by atomic mass is 9.99. The van der Waals surface area contributed by atoms with Gasteiger partial charge in [0.2, 0.25) is 11.8 Å². The van der Waals surface area contributed by atoms with E-state index in [9.17, 15) is 14.0 Å². The number of halogens is 1. The summed E-state index contributed by atoms with van der Waals surface area (Å²) in [4.78, 5) is 29.7. The Kier molecular flexibility index (Phi) is 11.0. The molecule has 0 fully saturated rings. The van der Waals surface area contributed by atoms with Gasteiger partial charge in [-0.05, 0) is 47.7 Å². The molecule has 4 N–H and O–H groups in total. The number of nitrogens with two attached hydrogens (primary N) is 1. The second kappa shape index (κ2) is 13.9. The van der Waals surface area contributed by atoms with Crippen LogP contribution in [0, 0.1) is 11.7 Å². The van der Waals surface area contributed by atoms with Crippen LogP contribution in [0.25, 0.3) is 0 Å². The number of ether oxygens (including phenoxy) is 3. The summed E-state index contributed by atoms with van der Waals surface area (Å²) in [7, 11) is 4.43. The first-order chi connectivity index (χ1) is 17.2. The van der Waals surface area contributed by atoms with Gasteiger partial charge in [0, 0.05) is 6.54 Å². The number of guanidine groups is 1. The summed E-state index contributed by atoms with van der Waals surface area (Å²) in [6.45, 7) is 4.12. The highest BCUT2D eigenvalue weighted by Crippen LogP contribution is 2.27. The maximum Gasteiger partial charge on any atom is 0.245 e. The first-order valence-corrected chi connectivity index (χ1v) is 11.6. The van der Waals surface area contributed by atoms with Crippen LogP contribution in [0.4, 0.5) is 4.39 Å². The summed E-state index contributed by atoms with van der Waals surface area (Å²) in [6.07, 6.45) is 1.31. The van der Waals surface area contributed by atoms with Crippen molar-refractivity contribution in [1.82, 2.24) is 10.6 Å². The second-order valence-corrected chi connectivity index (χ2v) is 8.38. The van der Waals surface area contributed by atoms with E-state index in [1.165, 1.54) is 33.5 Å². The number of nitrogens with zero attached hydrogens (tertiary/aromatic N) is 1. The standard InChI is InChI=1S/C26H35FN4O5/c1-6-16(2)11-20(25(33)29-15-18-8-9-21(34-3)19(27)12-18)30-26(28)31-24(32)14-17-7-10-22(35-4)23(13-17)36-5/h7-10,12-13,16,20H,6,11,14-15H2,1-5H3,(H,29,33)(H3,28,30,31,32)/t16?,20-/m1/s1. The third-order valence-electron chi connectivity index (χ3n) is 5.68. The van der Waals surface area contributed by atoms with Gasteiger partial charge >= 0.3 is 0 Å². The summed E-state index contributed by atoms with van der Waals surface area (Å²) in [5.41, 5.74) is 7.24. The quantitative estimate of drug-likeness (QED) is 0.303. The van der Waals surface area contributed by atoms with Gasteiger partial charge in [-0.3, -0.25) is 14.9 Å². The molecule has 2 aromatic carbocycles. The van der Waals surface area contributed by atoms with Gasteiger partial charge in [-0.2, -0.15) is 0 Å². The fourth-order valence-corrected chi connectivity index (χ4v) is 3.46. The molecule has 0 heterocycles. The molecule has 9 nitrogen and oxygen atoms in total. The number of hydrogen-bond donors (Lipinski definition) is 3. The molecule has 1 unspecified atom stereocenters. The molecule has 36 heavy (non-hydrogen) atoms. The van der Waals surface area contributed by atoms with Gasteiger partial charge in [-0.1, -0.05) is 32.4 Å². The Bertz CT molecular complexity index is 1080. The van der Waals surface area contributed by atoms with E-state index in [1.54, 1.807) is 24.3 Å². The lowest BCUT2D eigenvalue weighted by Gasteiger charge is -2.18. The van der Waals surface area contributed by atoms with E-state index < -0.39 is 11.9 Å². The van der Waals surface area contributed by atoms with Gasteiger partial charge < -0.3 is 25.3 Å². The van der Waals surface area contributed by atoms with E-state index in [-0.39, 0.29) is 42.4 Å². The summed E-state index contributed by atoms with van der Waals surface area (Å²) in [6, 6.07) is 8.80. The molecule has 0 radical (unpaired) electrons. The molecule has 2 aromatic rings. The molecular weight excluding hydrogens is 467 g/mol. The van der Waals surface area contributed by atoms with E-state index in [1.807, 2.05) is 13.8 Å². The topological polar surface area (TPSA) is 124 Å². The molecule has 0 aliphatic rings. The maximum atomic E-state index is 14.0. The molecule has 2 amide bonds. The second-order valence-electron chi connectivity index (χ2n) is 8.38. The SMILES string of the molecule is CCC(C)C[C@@H](N=C(N)NC(=O)Cc1ccc(OC)c(OC)c1)C(=O)NCc1ccc(OC)c(F)c1. The number of carbonyl (C=O) groups excluding carboxylic acids is 2. The largest absolute Gasteiger partial charge is 0.494 e. The lowest BCUT2D eigenvalue weighted by Crippen LogP contribution is -2.41. The number of methoxy groups -OCH3 is 3. The molecule has 2 rings (SSSR count). The maximum absolute atomic E-state index is 14.0. The van der Waals surface area contributed by atoms with Crippen LogP contribution in [0.1, 0.15) is 37.8 Å². The summed E-state index contributed by atoms with van der Waals surface area (Å²) in [5, 5.41) is 5.31. The van der Waals surface area contributed by atoms with Crippen LogP contribution in [0.15, 0.2) is 41.4 Å². The minimum atomic E-state index is -0.815. The normalized spacial score (nSPS) is 12.9. The van der Waals surface area contributed by atoms with Crippen LogP contribution in [-0.4, -0.2) is 45.1 Å². The average molecular weight is 503 g/mol. The number of amides is 2. The van der Waals surface area contributed by atoms with Crippen molar-refractivity contribution < 1.29 is 28.2 Å². The van der Waals surface area contributed by atoms with Gasteiger partial charge in [-0.25, -0.2) is 9.38 Å². The predicted molar refractivity (Wildman–Crippen MR) is 136 cm³/mol. The lowest BCUT2D eigenvalue weighted by molar-refractivity contribution is -0.123. The van der Waals surface area contributed by atoms with Crippen LogP contribution >= 0.6 is 0 Å². The Hall–Kier alpha value is -3.82. The van der Waals surface area contributed by atoms with Crippen molar-refractivity contribution >= 4 is 17.8 Å². The third kappa shape index (κ3) is 8.44. The Morgan fingerprint density at radius 2 is 1.64 bits per heavy atom. The van der Waals surface area contributed by atoms with Gasteiger partial charge in [0.15, 0.2) is 29.0 Å². The number of carbonyl (C=O) groups is 2. The smallest absolute Gasteiger partial charge is 0.245 e. The molecular formula is C26H35FN4O5. The molecule has 0 bridgehead atoms. The predicted octanol–water partition coefficient (Wildman–Crippen LogP) is 2.95. The molecule has 0 aliphatic heterocycles. The van der Waals surface area contributed by atoms with E-state index in [4.69, 9.17) is 19.9 Å². The van der Waals surface area contributed by atoms with Crippen molar-refractivity contribution in [2.24, 2.45) is 16.6 Å². The fourth-order valence-electron chi connectivity index (χ4n) is 3.46. The minimum absolute atomic E-state index is 0.0296.